The minimum atomic E-state index is 0.942. The molecule has 72 valence electrons. The number of hydrogen-bond donors (Lipinski definition) is 0. The van der Waals surface area contributed by atoms with Gasteiger partial charge in [-0.2, -0.15) is 4.57 Å². The summed E-state index contributed by atoms with van der Waals surface area (Å²) in [5, 5.41) is 0. The van der Waals surface area contributed by atoms with Crippen LogP contribution in [0.2, 0.25) is 0 Å². The highest BCUT2D eigenvalue weighted by Crippen LogP contribution is 2.27. The van der Waals surface area contributed by atoms with Crippen LogP contribution >= 0.6 is 0 Å². The van der Waals surface area contributed by atoms with Gasteiger partial charge in [0.05, 0.1) is 12.0 Å². The minimum absolute atomic E-state index is 0.942. The number of benzene rings is 1. The average molecular weight is 194 g/mol. The van der Waals surface area contributed by atoms with Gasteiger partial charge in [-0.1, -0.05) is 18.2 Å². The molecule has 0 saturated heterocycles. The number of aromatic nitrogens is 1. The van der Waals surface area contributed by atoms with Crippen molar-refractivity contribution in [3.8, 4) is 11.3 Å². The lowest BCUT2D eigenvalue weighted by molar-refractivity contribution is -0.572. The summed E-state index contributed by atoms with van der Waals surface area (Å²) in [6, 6.07) is 14.8. The third-order valence-corrected chi connectivity index (χ3v) is 2.89. The highest BCUT2D eigenvalue weighted by atomic mass is 15.0. The Balaban J connectivity index is 2.34. The third-order valence-electron chi connectivity index (χ3n) is 2.89. The smallest absolute Gasteiger partial charge is 0.164 e. The fourth-order valence-electron chi connectivity index (χ4n) is 2.17. The molecule has 1 aromatic heterocycles. The lowest BCUT2D eigenvalue weighted by Gasteiger charge is -2.14. The van der Waals surface area contributed by atoms with Crippen molar-refractivity contribution in [2.75, 3.05) is 0 Å². The molecule has 0 saturated carbocycles. The van der Waals surface area contributed by atoms with Gasteiger partial charge in [-0.25, -0.2) is 0 Å². The summed E-state index contributed by atoms with van der Waals surface area (Å²) in [6.07, 6.45) is 3.02. The molecule has 1 heteroatoms. The molecule has 1 aromatic carbocycles. The van der Waals surface area contributed by atoms with Gasteiger partial charge >= 0.3 is 0 Å². The highest BCUT2D eigenvalue weighted by Gasteiger charge is 2.24. The predicted octanol–water partition coefficient (Wildman–Crippen LogP) is 2.67. The Morgan fingerprint density at radius 2 is 1.80 bits per heavy atom. The monoisotopic (exact) mass is 194 g/mol. The van der Waals surface area contributed by atoms with Gasteiger partial charge in [0.2, 0.25) is 5.69 Å². The molecule has 1 aliphatic heterocycles. The molecule has 2 heterocycles. The van der Waals surface area contributed by atoms with Gasteiger partial charge in [-0.3, -0.25) is 0 Å². The molecule has 0 N–H and O–H groups in total. The van der Waals surface area contributed by atoms with Crippen molar-refractivity contribution in [3.05, 3.63) is 60.8 Å². The number of hydrogen-bond acceptors (Lipinski definition) is 0. The van der Waals surface area contributed by atoms with Crippen LogP contribution in [-0.4, -0.2) is 0 Å². The summed E-state index contributed by atoms with van der Waals surface area (Å²) in [4.78, 5) is 0. The van der Waals surface area contributed by atoms with Crippen LogP contribution in [0.4, 0.5) is 0 Å². The predicted molar refractivity (Wildman–Crippen MR) is 61.1 cm³/mol. The maximum atomic E-state index is 4.12. The first-order valence-electron chi connectivity index (χ1n) is 5.13. The Kier molecular flexibility index (Phi) is 1.72. The molecule has 0 spiro atoms. The maximum absolute atomic E-state index is 4.12. The molecular weight excluding hydrogens is 182 g/mol. The summed E-state index contributed by atoms with van der Waals surface area (Å²) in [6.45, 7) is 4.12. The van der Waals surface area contributed by atoms with Crippen molar-refractivity contribution in [2.45, 2.75) is 6.42 Å². The van der Waals surface area contributed by atoms with Crippen molar-refractivity contribution in [2.24, 2.45) is 0 Å². The zero-order chi connectivity index (χ0) is 10.3. The van der Waals surface area contributed by atoms with Gasteiger partial charge in [0, 0.05) is 12.1 Å². The van der Waals surface area contributed by atoms with E-state index in [9.17, 15) is 0 Å². The Hall–Kier alpha value is -1.89. The molecule has 0 fully saturated rings. The topological polar surface area (TPSA) is 3.88 Å². The van der Waals surface area contributed by atoms with E-state index in [0.29, 0.717) is 0 Å². The van der Waals surface area contributed by atoms with Gasteiger partial charge in [0.1, 0.15) is 0 Å². The molecular formula is C14H12N+. The van der Waals surface area contributed by atoms with E-state index in [1.54, 1.807) is 0 Å². The van der Waals surface area contributed by atoms with Gasteiger partial charge in [-0.05, 0) is 24.3 Å². The van der Waals surface area contributed by atoms with Crippen LogP contribution in [0.3, 0.4) is 0 Å². The fourth-order valence-corrected chi connectivity index (χ4v) is 2.17. The molecule has 2 aromatic rings. The van der Waals surface area contributed by atoms with Crippen molar-refractivity contribution >= 4 is 5.70 Å². The second kappa shape index (κ2) is 3.06. The molecule has 15 heavy (non-hydrogen) atoms. The Labute approximate surface area is 89.3 Å². The van der Waals surface area contributed by atoms with Gasteiger partial charge in [0.25, 0.3) is 0 Å². The van der Waals surface area contributed by atoms with Crippen LogP contribution < -0.4 is 4.57 Å². The maximum Gasteiger partial charge on any atom is 0.218 e. The first-order chi connectivity index (χ1) is 7.36. The van der Waals surface area contributed by atoms with Crippen LogP contribution in [0.5, 0.6) is 0 Å². The fraction of sp³-hybridized carbons (Fsp3) is 0.0714. The Morgan fingerprint density at radius 3 is 2.73 bits per heavy atom. The Morgan fingerprint density at radius 1 is 1.00 bits per heavy atom. The number of nitrogens with zero attached hydrogens (tertiary/aromatic N) is 1. The van der Waals surface area contributed by atoms with Gasteiger partial charge in [-0.15, -0.1) is 0 Å². The van der Waals surface area contributed by atoms with E-state index in [1.165, 1.54) is 16.8 Å². The number of fused-ring (bicyclic) bond motifs is 3. The minimum Gasteiger partial charge on any atom is -0.164 e. The first-order valence-corrected chi connectivity index (χ1v) is 5.13. The van der Waals surface area contributed by atoms with Gasteiger partial charge < -0.3 is 0 Å². The van der Waals surface area contributed by atoms with Crippen LogP contribution in [0.25, 0.3) is 17.0 Å². The van der Waals surface area contributed by atoms with Crippen LogP contribution in [0.15, 0.2) is 55.2 Å². The first kappa shape index (κ1) is 8.42. The number of rotatable bonds is 0. The van der Waals surface area contributed by atoms with Crippen LogP contribution in [0, 0.1) is 0 Å². The van der Waals surface area contributed by atoms with E-state index >= 15 is 0 Å². The average Bonchev–Trinajstić information content (AvgIpc) is 2.30. The summed E-state index contributed by atoms with van der Waals surface area (Å²) in [5.74, 6) is 0. The molecule has 0 bridgehead atoms. The molecule has 0 unspecified atom stereocenters. The summed E-state index contributed by atoms with van der Waals surface area (Å²) in [7, 11) is 0. The lowest BCUT2D eigenvalue weighted by Crippen LogP contribution is -2.37. The normalized spacial score (nSPS) is 13.2. The second-order valence-electron chi connectivity index (χ2n) is 3.86. The van der Waals surface area contributed by atoms with E-state index in [2.05, 4.69) is 53.7 Å². The van der Waals surface area contributed by atoms with E-state index in [0.717, 1.165) is 12.1 Å². The highest BCUT2D eigenvalue weighted by molar-refractivity contribution is 5.66. The van der Waals surface area contributed by atoms with E-state index in [-0.39, 0.29) is 0 Å². The zero-order valence-corrected chi connectivity index (χ0v) is 8.48. The molecule has 0 atom stereocenters. The van der Waals surface area contributed by atoms with Gasteiger partial charge in [0.15, 0.2) is 11.9 Å². The lowest BCUT2D eigenvalue weighted by atomic mass is 9.96. The molecule has 1 aliphatic rings. The SMILES string of the molecule is C=C1Cc2ccccc2-c2cccc[n+]21. The van der Waals surface area contributed by atoms with E-state index in [1.807, 2.05) is 6.07 Å². The van der Waals surface area contributed by atoms with Crippen molar-refractivity contribution in [1.29, 1.82) is 0 Å². The molecule has 0 aliphatic carbocycles. The standard InChI is InChI=1S/C14H12N/c1-11-10-12-6-2-3-7-13(12)14-8-4-5-9-15(11)14/h2-9H,1,10H2/q+1. The number of pyridine rings is 1. The summed E-state index contributed by atoms with van der Waals surface area (Å²) < 4.78 is 2.17. The zero-order valence-electron chi connectivity index (χ0n) is 8.48. The van der Waals surface area contributed by atoms with Crippen molar-refractivity contribution < 1.29 is 4.57 Å². The quantitative estimate of drug-likeness (QED) is 0.568. The second-order valence-corrected chi connectivity index (χ2v) is 3.86. The van der Waals surface area contributed by atoms with Crippen molar-refractivity contribution in [1.82, 2.24) is 0 Å². The third kappa shape index (κ3) is 1.20. The summed E-state index contributed by atoms with van der Waals surface area (Å²) in [5.41, 5.74) is 5.08. The van der Waals surface area contributed by atoms with E-state index < -0.39 is 0 Å². The summed E-state index contributed by atoms with van der Waals surface area (Å²) >= 11 is 0. The van der Waals surface area contributed by atoms with Crippen molar-refractivity contribution in [3.63, 3.8) is 0 Å². The van der Waals surface area contributed by atoms with Crippen LogP contribution in [-0.2, 0) is 6.42 Å². The molecule has 0 radical (unpaired) electrons. The number of allylic oxidation sites excluding steroid dienone is 1. The molecule has 3 rings (SSSR count). The largest absolute Gasteiger partial charge is 0.218 e. The molecule has 1 nitrogen and oxygen atoms in total. The molecule has 0 amide bonds. The van der Waals surface area contributed by atoms with E-state index in [4.69, 9.17) is 0 Å². The van der Waals surface area contributed by atoms with Crippen LogP contribution in [0.1, 0.15) is 5.56 Å². The Bertz CT molecular complexity index is 541.